The molecular weight excluding hydrogens is 312 g/mol. The second kappa shape index (κ2) is 5.68. The molecule has 2 N–H and O–H groups in total. The Hall–Kier alpha value is -1.55. The molecule has 1 atom stereocenters. The molecule has 0 saturated carbocycles. The summed E-state index contributed by atoms with van der Waals surface area (Å²) in [5.74, 6) is 0.281. The van der Waals surface area contributed by atoms with Gasteiger partial charge in [0.2, 0.25) is 0 Å². The van der Waals surface area contributed by atoms with Gasteiger partial charge in [-0.25, -0.2) is 4.39 Å². The fraction of sp³-hybridized carbons (Fsp3) is 0.125. The van der Waals surface area contributed by atoms with Crippen LogP contribution in [0, 0.1) is 5.82 Å². The van der Waals surface area contributed by atoms with Crippen molar-refractivity contribution in [2.45, 2.75) is 12.5 Å². The predicted molar refractivity (Wildman–Crippen MR) is 83.3 cm³/mol. The molecule has 0 aliphatic rings. The maximum absolute atomic E-state index is 13.0. The number of fused-ring (bicyclic) bond motifs is 1. The summed E-state index contributed by atoms with van der Waals surface area (Å²) < 4.78 is 18.8. The predicted octanol–water partition coefficient (Wildman–Crippen LogP) is 5.12. The summed E-state index contributed by atoms with van der Waals surface area (Å²) in [5, 5.41) is 1.91. The van der Waals surface area contributed by atoms with Crippen molar-refractivity contribution in [1.29, 1.82) is 0 Å². The lowest BCUT2D eigenvalue weighted by Gasteiger charge is -2.10. The molecule has 108 valence electrons. The van der Waals surface area contributed by atoms with E-state index in [0.717, 1.165) is 16.5 Å². The van der Waals surface area contributed by atoms with Gasteiger partial charge in [0.1, 0.15) is 17.2 Å². The van der Waals surface area contributed by atoms with Crippen molar-refractivity contribution >= 4 is 34.2 Å². The molecule has 0 saturated heterocycles. The van der Waals surface area contributed by atoms with E-state index in [4.69, 9.17) is 33.4 Å². The van der Waals surface area contributed by atoms with Crippen molar-refractivity contribution < 1.29 is 8.81 Å². The lowest BCUT2D eigenvalue weighted by Crippen LogP contribution is -2.12. The third-order valence-electron chi connectivity index (χ3n) is 3.32. The van der Waals surface area contributed by atoms with Gasteiger partial charge in [-0.05, 0) is 48.4 Å². The third kappa shape index (κ3) is 3.05. The van der Waals surface area contributed by atoms with E-state index in [1.807, 2.05) is 12.1 Å². The van der Waals surface area contributed by atoms with Gasteiger partial charge in [0, 0.05) is 15.4 Å². The van der Waals surface area contributed by atoms with Crippen molar-refractivity contribution in [2.24, 2.45) is 5.73 Å². The van der Waals surface area contributed by atoms with E-state index in [0.29, 0.717) is 22.2 Å². The summed E-state index contributed by atoms with van der Waals surface area (Å²) in [6.07, 6.45) is 0.465. The zero-order chi connectivity index (χ0) is 15.0. The van der Waals surface area contributed by atoms with Gasteiger partial charge in [-0.15, -0.1) is 0 Å². The topological polar surface area (TPSA) is 39.2 Å². The summed E-state index contributed by atoms with van der Waals surface area (Å²) in [6.45, 7) is 0. The van der Waals surface area contributed by atoms with Crippen LogP contribution in [0.3, 0.4) is 0 Å². The van der Waals surface area contributed by atoms with Crippen molar-refractivity contribution in [2.75, 3.05) is 0 Å². The summed E-state index contributed by atoms with van der Waals surface area (Å²) in [5.41, 5.74) is 7.67. The molecule has 2 nitrogen and oxygen atoms in total. The first-order valence-corrected chi connectivity index (χ1v) is 7.17. The average molecular weight is 324 g/mol. The Balaban J connectivity index is 1.87. The van der Waals surface area contributed by atoms with Crippen LogP contribution in [-0.4, -0.2) is 0 Å². The average Bonchev–Trinajstić information content (AvgIpc) is 2.85. The lowest BCUT2D eigenvalue weighted by molar-refractivity contribution is 0.494. The number of hydrogen-bond donors (Lipinski definition) is 1. The maximum Gasteiger partial charge on any atom is 0.134 e. The smallest absolute Gasteiger partial charge is 0.134 e. The second-order valence-corrected chi connectivity index (χ2v) is 5.72. The highest BCUT2D eigenvalue weighted by Gasteiger charge is 2.15. The molecule has 0 aliphatic carbocycles. The molecule has 1 heterocycles. The van der Waals surface area contributed by atoms with Crippen molar-refractivity contribution in [1.82, 2.24) is 0 Å². The second-order valence-electron chi connectivity index (χ2n) is 4.88. The Bertz CT molecular complexity index is 800. The van der Waals surface area contributed by atoms with Gasteiger partial charge in [0.15, 0.2) is 0 Å². The van der Waals surface area contributed by atoms with Gasteiger partial charge in [0.25, 0.3) is 0 Å². The van der Waals surface area contributed by atoms with Crippen LogP contribution in [0.4, 0.5) is 4.39 Å². The first-order chi connectivity index (χ1) is 10.0. The largest absolute Gasteiger partial charge is 0.459 e. The summed E-state index contributed by atoms with van der Waals surface area (Å²) in [4.78, 5) is 0. The molecule has 0 bridgehead atoms. The van der Waals surface area contributed by atoms with Gasteiger partial charge in [-0.2, -0.15) is 0 Å². The maximum atomic E-state index is 13.0. The Morgan fingerprint density at radius 3 is 2.67 bits per heavy atom. The molecule has 1 aromatic heterocycles. The van der Waals surface area contributed by atoms with Crippen LogP contribution in [0.5, 0.6) is 0 Å². The minimum atomic E-state index is -0.365. The van der Waals surface area contributed by atoms with E-state index in [1.54, 1.807) is 18.2 Å². The van der Waals surface area contributed by atoms with Crippen LogP contribution < -0.4 is 5.73 Å². The van der Waals surface area contributed by atoms with Crippen LogP contribution in [0.25, 0.3) is 11.0 Å². The van der Waals surface area contributed by atoms with Gasteiger partial charge in [-0.1, -0.05) is 29.3 Å². The summed E-state index contributed by atoms with van der Waals surface area (Å²) >= 11 is 12.0. The van der Waals surface area contributed by atoms with Crippen LogP contribution in [0.1, 0.15) is 17.4 Å². The summed E-state index contributed by atoms with van der Waals surface area (Å²) in [7, 11) is 0. The molecule has 3 rings (SSSR count). The van der Waals surface area contributed by atoms with Gasteiger partial charge in [0.05, 0.1) is 6.04 Å². The quantitative estimate of drug-likeness (QED) is 0.726. The Morgan fingerprint density at radius 2 is 1.90 bits per heavy atom. The molecule has 5 heteroatoms. The zero-order valence-electron chi connectivity index (χ0n) is 10.9. The highest BCUT2D eigenvalue weighted by molar-refractivity contribution is 6.31. The monoisotopic (exact) mass is 323 g/mol. The van der Waals surface area contributed by atoms with Gasteiger partial charge >= 0.3 is 0 Å². The highest BCUT2D eigenvalue weighted by atomic mass is 35.5. The molecular formula is C16H12Cl2FNO. The van der Waals surface area contributed by atoms with Gasteiger partial charge in [-0.3, -0.25) is 0 Å². The Labute approximate surface area is 131 Å². The van der Waals surface area contributed by atoms with Crippen molar-refractivity contribution in [3.8, 4) is 0 Å². The van der Waals surface area contributed by atoms with Crippen molar-refractivity contribution in [3.63, 3.8) is 0 Å². The van der Waals surface area contributed by atoms with E-state index in [-0.39, 0.29) is 11.9 Å². The van der Waals surface area contributed by atoms with Crippen LogP contribution >= 0.6 is 23.2 Å². The number of halogens is 3. The van der Waals surface area contributed by atoms with Crippen LogP contribution in [0.2, 0.25) is 10.0 Å². The van der Waals surface area contributed by atoms with Crippen molar-refractivity contribution in [3.05, 3.63) is 69.7 Å². The normalized spacial score (nSPS) is 12.8. The highest BCUT2D eigenvalue weighted by Crippen LogP contribution is 2.28. The minimum Gasteiger partial charge on any atom is -0.459 e. The molecule has 0 radical (unpaired) electrons. The van der Waals surface area contributed by atoms with E-state index in [2.05, 4.69) is 0 Å². The molecule has 1 unspecified atom stereocenters. The van der Waals surface area contributed by atoms with E-state index in [9.17, 15) is 4.39 Å². The fourth-order valence-electron chi connectivity index (χ4n) is 2.24. The van der Waals surface area contributed by atoms with Gasteiger partial charge < -0.3 is 10.2 Å². The summed E-state index contributed by atoms with van der Waals surface area (Å²) in [6, 6.07) is 11.2. The van der Waals surface area contributed by atoms with Crippen LogP contribution in [-0.2, 0) is 6.42 Å². The SMILES string of the molecule is NC(Cc1ccc(F)cc1Cl)c1cc2cc(Cl)ccc2o1. The third-order valence-corrected chi connectivity index (χ3v) is 3.90. The van der Waals surface area contributed by atoms with Crippen LogP contribution in [0.15, 0.2) is 46.9 Å². The molecule has 0 amide bonds. The number of nitrogens with two attached hydrogens (primary N) is 1. The van der Waals surface area contributed by atoms with E-state index < -0.39 is 0 Å². The Kier molecular flexibility index (Phi) is 3.89. The number of furan rings is 1. The number of benzene rings is 2. The first-order valence-electron chi connectivity index (χ1n) is 6.41. The molecule has 21 heavy (non-hydrogen) atoms. The van der Waals surface area contributed by atoms with E-state index >= 15 is 0 Å². The molecule has 0 fully saturated rings. The zero-order valence-corrected chi connectivity index (χ0v) is 12.5. The number of rotatable bonds is 3. The fourth-order valence-corrected chi connectivity index (χ4v) is 2.67. The molecule has 2 aromatic carbocycles. The number of hydrogen-bond acceptors (Lipinski definition) is 2. The molecule has 0 spiro atoms. The molecule has 3 aromatic rings. The lowest BCUT2D eigenvalue weighted by atomic mass is 10.0. The Morgan fingerprint density at radius 1 is 1.10 bits per heavy atom. The molecule has 0 aliphatic heterocycles. The first kappa shape index (κ1) is 14.4. The standard InChI is InChI=1S/C16H12Cl2FNO/c17-11-2-4-15-10(5-11)7-16(21-15)14(20)6-9-1-3-12(19)8-13(9)18/h1-5,7-8,14H,6,20H2. The van der Waals surface area contributed by atoms with E-state index in [1.165, 1.54) is 12.1 Å². The minimum absolute atomic E-state index is 0.362.